The number of aromatic nitrogens is 5. The van der Waals surface area contributed by atoms with E-state index in [1.54, 1.807) is 4.90 Å². The number of fused-ring (bicyclic) bond motifs is 10. The van der Waals surface area contributed by atoms with Gasteiger partial charge < -0.3 is 15.4 Å². The van der Waals surface area contributed by atoms with E-state index in [4.69, 9.17) is 32.0 Å². The molecule has 2 aliphatic rings. The number of hydrogen-bond donors (Lipinski definition) is 1. The van der Waals surface area contributed by atoms with Crippen molar-refractivity contribution in [3.05, 3.63) is 136 Å². The van der Waals surface area contributed by atoms with Gasteiger partial charge >= 0.3 is 0 Å². The number of anilines is 1. The van der Waals surface area contributed by atoms with Crippen LogP contribution < -0.4 is 15.4 Å². The van der Waals surface area contributed by atoms with E-state index in [0.717, 1.165) is 5.39 Å². The number of carbonyl (C=O) groups is 1. The lowest BCUT2D eigenvalue weighted by Gasteiger charge is -2.35. The van der Waals surface area contributed by atoms with Gasteiger partial charge in [0.2, 0.25) is 11.8 Å². The Morgan fingerprint density at radius 1 is 0.938 bits per heavy atom. The van der Waals surface area contributed by atoms with Gasteiger partial charge in [-0.25, -0.2) is 19.0 Å². The molecule has 1 atom stereocenters. The first kappa shape index (κ1) is 27.9. The SMILES string of the molecule is N#CC1=C(N)Oc2c(c3nc4ccccc4nc3c3ccccc23)C12C(=O)N(Cc1cnnn1-c1ccc(F)c(Cl)c1)c1ccccc12. The summed E-state index contributed by atoms with van der Waals surface area (Å²) in [4.78, 5) is 27.1. The highest BCUT2D eigenvalue weighted by Crippen LogP contribution is 2.58. The van der Waals surface area contributed by atoms with Gasteiger partial charge in [-0.2, -0.15) is 5.26 Å². The molecule has 5 aromatic carbocycles. The highest BCUT2D eigenvalue weighted by molar-refractivity contribution is 6.30. The van der Waals surface area contributed by atoms with Crippen LogP contribution in [0.2, 0.25) is 5.02 Å². The van der Waals surface area contributed by atoms with E-state index in [9.17, 15) is 9.65 Å². The molecule has 0 fully saturated rings. The zero-order valence-corrected chi connectivity index (χ0v) is 25.5. The Morgan fingerprint density at radius 3 is 2.42 bits per heavy atom. The monoisotopic (exact) mass is 650 g/mol. The van der Waals surface area contributed by atoms with Crippen molar-refractivity contribution in [3.63, 3.8) is 0 Å². The number of benzene rings is 5. The van der Waals surface area contributed by atoms with Crippen molar-refractivity contribution in [3.8, 4) is 17.5 Å². The Morgan fingerprint density at radius 2 is 1.65 bits per heavy atom. The molecule has 7 aromatic rings. The average Bonchev–Trinajstić information content (AvgIpc) is 3.67. The number of nitriles is 1. The van der Waals surface area contributed by atoms with Gasteiger partial charge in [0, 0.05) is 27.6 Å². The van der Waals surface area contributed by atoms with Crippen LogP contribution in [0.3, 0.4) is 0 Å². The van der Waals surface area contributed by atoms with Crippen LogP contribution in [-0.4, -0.2) is 30.9 Å². The molecule has 0 saturated carbocycles. The number of ether oxygens (including phenoxy) is 1. The number of para-hydroxylation sites is 3. The van der Waals surface area contributed by atoms with E-state index in [0.29, 0.717) is 61.4 Å². The largest absolute Gasteiger partial charge is 0.439 e. The van der Waals surface area contributed by atoms with Gasteiger partial charge in [-0.05, 0) is 36.4 Å². The Hall–Kier alpha value is -6.38. The highest BCUT2D eigenvalue weighted by Gasteiger charge is 2.60. The van der Waals surface area contributed by atoms with Gasteiger partial charge in [0.05, 0.1) is 51.2 Å². The third-order valence-corrected chi connectivity index (χ3v) is 9.32. The summed E-state index contributed by atoms with van der Waals surface area (Å²) in [6.07, 6.45) is 1.52. The molecule has 1 unspecified atom stereocenters. The normalized spacial score (nSPS) is 16.9. The topological polar surface area (TPSA) is 136 Å². The summed E-state index contributed by atoms with van der Waals surface area (Å²) in [7, 11) is 0. The number of nitrogens with two attached hydrogens (primary N) is 1. The van der Waals surface area contributed by atoms with Crippen LogP contribution in [0.1, 0.15) is 16.8 Å². The quantitative estimate of drug-likeness (QED) is 0.176. The van der Waals surface area contributed by atoms with Gasteiger partial charge in [-0.3, -0.25) is 4.79 Å². The Balaban J connectivity index is 1.34. The van der Waals surface area contributed by atoms with Crippen molar-refractivity contribution < 1.29 is 13.9 Å². The van der Waals surface area contributed by atoms with Crippen molar-refractivity contribution in [1.29, 1.82) is 5.26 Å². The minimum Gasteiger partial charge on any atom is -0.439 e. The molecule has 1 spiro atoms. The molecular weight excluding hydrogens is 631 g/mol. The maximum Gasteiger partial charge on any atom is 0.248 e. The summed E-state index contributed by atoms with van der Waals surface area (Å²) < 4.78 is 21.8. The fourth-order valence-corrected chi connectivity index (χ4v) is 7.18. The van der Waals surface area contributed by atoms with Crippen LogP contribution in [0.4, 0.5) is 10.1 Å². The number of rotatable bonds is 3. The van der Waals surface area contributed by atoms with Crippen LogP contribution in [0.15, 0.2) is 109 Å². The third kappa shape index (κ3) is 3.63. The lowest BCUT2D eigenvalue weighted by molar-refractivity contribution is -0.121. The van der Waals surface area contributed by atoms with E-state index in [1.165, 1.54) is 29.1 Å². The fraction of sp³-hybridized carbons (Fsp3) is 0.0556. The summed E-state index contributed by atoms with van der Waals surface area (Å²) >= 11 is 6.09. The molecule has 12 heteroatoms. The molecule has 2 N–H and O–H groups in total. The van der Waals surface area contributed by atoms with Crippen LogP contribution in [0, 0.1) is 17.1 Å². The van der Waals surface area contributed by atoms with Crippen molar-refractivity contribution in [2.24, 2.45) is 5.73 Å². The lowest BCUT2D eigenvalue weighted by Crippen LogP contribution is -2.46. The van der Waals surface area contributed by atoms with Crippen molar-refractivity contribution in [1.82, 2.24) is 25.0 Å². The molecule has 4 heterocycles. The molecule has 48 heavy (non-hydrogen) atoms. The summed E-state index contributed by atoms with van der Waals surface area (Å²) in [6, 6.07) is 28.7. The molecule has 0 aliphatic carbocycles. The number of amides is 1. The van der Waals surface area contributed by atoms with E-state index in [-0.39, 0.29) is 23.0 Å². The summed E-state index contributed by atoms with van der Waals surface area (Å²) in [5.74, 6) is -0.864. The second-order valence-corrected chi connectivity index (χ2v) is 11.9. The summed E-state index contributed by atoms with van der Waals surface area (Å²) in [5.41, 5.74) is 9.49. The minimum absolute atomic E-state index is 0.00544. The molecule has 2 aromatic heterocycles. The summed E-state index contributed by atoms with van der Waals surface area (Å²) in [6.45, 7) is -0.00544. The molecule has 2 aliphatic heterocycles. The molecule has 10 nitrogen and oxygen atoms in total. The van der Waals surface area contributed by atoms with Gasteiger partial charge in [0.1, 0.15) is 28.6 Å². The average molecular weight is 651 g/mol. The minimum atomic E-state index is -1.74. The molecule has 230 valence electrons. The lowest BCUT2D eigenvalue weighted by atomic mass is 9.67. The molecular formula is C36H20ClFN8O2. The van der Waals surface area contributed by atoms with Gasteiger partial charge in [-0.1, -0.05) is 71.4 Å². The van der Waals surface area contributed by atoms with E-state index >= 15 is 4.79 Å². The number of halogens is 2. The molecule has 1 amide bonds. The predicted octanol–water partition coefficient (Wildman–Crippen LogP) is 6.23. The first-order valence-electron chi connectivity index (χ1n) is 14.9. The first-order valence-corrected chi connectivity index (χ1v) is 15.3. The standard InChI is InChI=1S/C36H20ClFN8O2/c37-25-15-19(13-14-26(25)38)46-20(17-41-44-46)18-45-29-12-6-3-9-23(29)36(35(45)47)24(16-39)34(40)48-33-22-8-2-1-7-21(22)31-32(30(33)36)43-28-11-5-4-10-27(28)42-31/h1-15,17H,18,40H2. The van der Waals surface area contributed by atoms with Gasteiger partial charge in [0.25, 0.3) is 0 Å². The molecule has 9 rings (SSSR count). The van der Waals surface area contributed by atoms with Crippen LogP contribution in [-0.2, 0) is 16.8 Å². The van der Waals surface area contributed by atoms with E-state index < -0.39 is 17.1 Å². The number of carbonyl (C=O) groups excluding carboxylic acids is 1. The van der Waals surface area contributed by atoms with E-state index in [2.05, 4.69) is 16.4 Å². The fourth-order valence-electron chi connectivity index (χ4n) is 7.01. The third-order valence-electron chi connectivity index (χ3n) is 9.03. The Labute approximate surface area is 276 Å². The predicted molar refractivity (Wildman–Crippen MR) is 177 cm³/mol. The van der Waals surface area contributed by atoms with E-state index in [1.807, 2.05) is 72.8 Å². The number of hydrogen-bond acceptors (Lipinski definition) is 8. The Kier molecular flexibility index (Phi) is 5.84. The number of nitrogens with zero attached hydrogens (tertiary/aromatic N) is 7. The molecule has 0 saturated heterocycles. The zero-order valence-electron chi connectivity index (χ0n) is 24.7. The highest BCUT2D eigenvalue weighted by atomic mass is 35.5. The maximum atomic E-state index is 15.4. The molecule has 0 radical (unpaired) electrons. The summed E-state index contributed by atoms with van der Waals surface area (Å²) in [5, 5.41) is 20.4. The van der Waals surface area contributed by atoms with Gasteiger partial charge in [0.15, 0.2) is 0 Å². The Bertz CT molecular complexity index is 2630. The van der Waals surface area contributed by atoms with Crippen LogP contribution in [0.25, 0.3) is 38.5 Å². The van der Waals surface area contributed by atoms with Crippen molar-refractivity contribution in [2.45, 2.75) is 12.0 Å². The maximum absolute atomic E-state index is 15.4. The van der Waals surface area contributed by atoms with Crippen molar-refractivity contribution in [2.75, 3.05) is 4.90 Å². The van der Waals surface area contributed by atoms with Gasteiger partial charge in [-0.15, -0.1) is 5.10 Å². The van der Waals surface area contributed by atoms with Crippen LogP contribution >= 0.6 is 11.6 Å². The first-order chi connectivity index (χ1) is 23.4. The second-order valence-electron chi connectivity index (χ2n) is 11.5. The molecule has 0 bridgehead atoms. The van der Waals surface area contributed by atoms with Crippen molar-refractivity contribution >= 4 is 56.0 Å². The zero-order chi connectivity index (χ0) is 32.7. The smallest absolute Gasteiger partial charge is 0.248 e. The second kappa shape index (κ2) is 10.1. The van der Waals surface area contributed by atoms with Crippen LogP contribution in [0.5, 0.6) is 5.75 Å².